The van der Waals surface area contributed by atoms with Crippen LogP contribution in [0.15, 0.2) is 24.5 Å². The third-order valence-electron chi connectivity index (χ3n) is 3.10. The first kappa shape index (κ1) is 14.3. The number of carbonyl (C=O) groups is 1. The van der Waals surface area contributed by atoms with Crippen LogP contribution in [0.2, 0.25) is 0 Å². The second-order valence-electron chi connectivity index (χ2n) is 4.68. The Bertz CT molecular complexity index is 380. The third kappa shape index (κ3) is 5.20. The molecule has 1 aliphatic rings. The molecule has 104 valence electrons. The molecular weight excluding hydrogens is 258 g/mol. The van der Waals surface area contributed by atoms with Crippen molar-refractivity contribution in [2.45, 2.75) is 31.1 Å². The molecule has 2 heterocycles. The molecule has 0 spiro atoms. The van der Waals surface area contributed by atoms with Gasteiger partial charge in [0, 0.05) is 25.5 Å². The Labute approximate surface area is 118 Å². The van der Waals surface area contributed by atoms with Crippen LogP contribution in [-0.4, -0.2) is 35.0 Å². The van der Waals surface area contributed by atoms with Crippen LogP contribution in [0.4, 0.5) is 0 Å². The molecular formula is C14H21N3OS. The van der Waals surface area contributed by atoms with E-state index >= 15 is 0 Å². The maximum Gasteiger partial charge on any atom is 0.233 e. The van der Waals surface area contributed by atoms with Gasteiger partial charge < -0.3 is 10.6 Å². The van der Waals surface area contributed by atoms with Gasteiger partial charge in [0.05, 0.1) is 5.25 Å². The van der Waals surface area contributed by atoms with Gasteiger partial charge in [0.15, 0.2) is 0 Å². The molecule has 1 fully saturated rings. The summed E-state index contributed by atoms with van der Waals surface area (Å²) >= 11 is 1.78. The highest BCUT2D eigenvalue weighted by Crippen LogP contribution is 2.25. The molecule has 1 aromatic heterocycles. The van der Waals surface area contributed by atoms with Crippen LogP contribution in [0.1, 0.15) is 24.8 Å². The van der Waals surface area contributed by atoms with E-state index in [1.165, 1.54) is 12.0 Å². The number of rotatable bonds is 7. The van der Waals surface area contributed by atoms with Crippen molar-refractivity contribution in [1.82, 2.24) is 15.6 Å². The Morgan fingerprint density at radius 3 is 3.16 bits per heavy atom. The van der Waals surface area contributed by atoms with Crippen LogP contribution in [0, 0.1) is 0 Å². The molecule has 2 N–H and O–H groups in total. The first-order valence-electron chi connectivity index (χ1n) is 6.85. The molecule has 0 aliphatic carbocycles. The van der Waals surface area contributed by atoms with Gasteiger partial charge in [-0.25, -0.2) is 0 Å². The minimum absolute atomic E-state index is 0.198. The zero-order chi connectivity index (χ0) is 13.3. The molecule has 1 saturated heterocycles. The van der Waals surface area contributed by atoms with E-state index in [2.05, 4.69) is 21.7 Å². The van der Waals surface area contributed by atoms with Gasteiger partial charge in [0.1, 0.15) is 0 Å². The fourth-order valence-corrected chi connectivity index (χ4v) is 3.24. The van der Waals surface area contributed by atoms with Crippen molar-refractivity contribution < 1.29 is 4.79 Å². The quantitative estimate of drug-likeness (QED) is 0.744. The normalized spacial score (nSPS) is 18.4. The maximum atomic E-state index is 11.7. The monoisotopic (exact) mass is 279 g/mol. The summed E-state index contributed by atoms with van der Waals surface area (Å²) in [7, 11) is 0. The van der Waals surface area contributed by atoms with Crippen LogP contribution in [0.5, 0.6) is 0 Å². The van der Waals surface area contributed by atoms with Gasteiger partial charge in [-0.1, -0.05) is 6.07 Å². The summed E-state index contributed by atoms with van der Waals surface area (Å²) in [5.41, 5.74) is 1.19. The average molecular weight is 279 g/mol. The van der Waals surface area contributed by atoms with Crippen molar-refractivity contribution in [2.24, 2.45) is 0 Å². The predicted molar refractivity (Wildman–Crippen MR) is 79.1 cm³/mol. The highest BCUT2D eigenvalue weighted by molar-refractivity contribution is 8.00. The fraction of sp³-hybridized carbons (Fsp3) is 0.571. The third-order valence-corrected chi connectivity index (χ3v) is 4.48. The van der Waals surface area contributed by atoms with E-state index in [1.54, 1.807) is 18.0 Å². The van der Waals surface area contributed by atoms with E-state index in [1.807, 2.05) is 12.3 Å². The smallest absolute Gasteiger partial charge is 0.233 e. The van der Waals surface area contributed by atoms with Crippen LogP contribution in [0.25, 0.3) is 0 Å². The van der Waals surface area contributed by atoms with Gasteiger partial charge in [-0.3, -0.25) is 9.78 Å². The first-order valence-corrected chi connectivity index (χ1v) is 7.90. The molecule has 1 aliphatic heterocycles. The number of thioether (sulfide) groups is 1. The summed E-state index contributed by atoms with van der Waals surface area (Å²) in [5, 5.41) is 6.56. The minimum Gasteiger partial charge on any atom is -0.355 e. The topological polar surface area (TPSA) is 54.0 Å². The number of carbonyl (C=O) groups excluding carboxylic acids is 1. The molecule has 0 bridgehead atoms. The lowest BCUT2D eigenvalue weighted by molar-refractivity contribution is -0.120. The van der Waals surface area contributed by atoms with E-state index < -0.39 is 0 Å². The van der Waals surface area contributed by atoms with Crippen molar-refractivity contribution in [3.05, 3.63) is 30.1 Å². The summed E-state index contributed by atoms with van der Waals surface area (Å²) in [5.74, 6) is 1.35. The summed E-state index contributed by atoms with van der Waals surface area (Å²) in [6, 6.07) is 4.00. The summed E-state index contributed by atoms with van der Waals surface area (Å²) < 4.78 is 0. The number of nitrogens with zero attached hydrogens (tertiary/aromatic N) is 1. The van der Waals surface area contributed by atoms with Gasteiger partial charge >= 0.3 is 0 Å². The number of hydrogen-bond acceptors (Lipinski definition) is 4. The lowest BCUT2D eigenvalue weighted by Gasteiger charge is -2.10. The predicted octanol–water partition coefficient (Wildman–Crippen LogP) is 1.57. The summed E-state index contributed by atoms with van der Waals surface area (Å²) in [6.45, 7) is 2.50. The van der Waals surface area contributed by atoms with E-state index in [4.69, 9.17) is 0 Å². The van der Waals surface area contributed by atoms with Gasteiger partial charge in [0.2, 0.25) is 5.91 Å². The second-order valence-corrected chi connectivity index (χ2v) is 5.99. The Morgan fingerprint density at radius 1 is 1.47 bits per heavy atom. The van der Waals surface area contributed by atoms with E-state index in [0.717, 1.165) is 38.2 Å². The summed E-state index contributed by atoms with van der Waals surface area (Å²) in [6.07, 6.45) is 6.82. The molecule has 1 amide bonds. The molecule has 2 rings (SSSR count). The van der Waals surface area contributed by atoms with Gasteiger partial charge in [-0.05, 0) is 43.2 Å². The molecule has 1 atom stereocenters. The molecule has 4 nitrogen and oxygen atoms in total. The van der Waals surface area contributed by atoms with Crippen molar-refractivity contribution in [3.8, 4) is 0 Å². The Morgan fingerprint density at radius 2 is 2.42 bits per heavy atom. The molecule has 19 heavy (non-hydrogen) atoms. The standard InChI is InChI=1S/C14H21N3OS/c18-14(13-5-2-9-19-13)17-8-3-7-16-11-12-4-1-6-15-10-12/h1,4,6,10,13,16H,2-3,5,7-9,11H2,(H,17,18). The molecule has 1 unspecified atom stereocenters. The Kier molecular flexibility index (Phi) is 6.17. The second kappa shape index (κ2) is 8.17. The molecule has 1 aromatic rings. The van der Waals surface area contributed by atoms with Gasteiger partial charge in [-0.15, -0.1) is 11.8 Å². The SMILES string of the molecule is O=C(NCCCNCc1cccnc1)C1CCCS1. The lowest BCUT2D eigenvalue weighted by atomic mass is 10.2. The van der Waals surface area contributed by atoms with Crippen LogP contribution in [0.3, 0.4) is 0 Å². The number of nitrogens with one attached hydrogen (secondary N) is 2. The number of pyridine rings is 1. The van der Waals surface area contributed by atoms with Gasteiger partial charge in [-0.2, -0.15) is 0 Å². The van der Waals surface area contributed by atoms with E-state index in [9.17, 15) is 4.79 Å². The Balaban J connectivity index is 1.49. The van der Waals surface area contributed by atoms with Crippen molar-refractivity contribution in [3.63, 3.8) is 0 Å². The number of amides is 1. The van der Waals surface area contributed by atoms with Crippen LogP contribution < -0.4 is 10.6 Å². The molecule has 0 radical (unpaired) electrons. The highest BCUT2D eigenvalue weighted by Gasteiger charge is 2.22. The highest BCUT2D eigenvalue weighted by atomic mass is 32.2. The zero-order valence-corrected chi connectivity index (χ0v) is 11.9. The molecule has 0 aromatic carbocycles. The first-order chi connectivity index (χ1) is 9.36. The van der Waals surface area contributed by atoms with E-state index in [-0.39, 0.29) is 11.2 Å². The number of aromatic nitrogens is 1. The molecule has 5 heteroatoms. The largest absolute Gasteiger partial charge is 0.355 e. The van der Waals surface area contributed by atoms with Gasteiger partial charge in [0.25, 0.3) is 0 Å². The van der Waals surface area contributed by atoms with Crippen LogP contribution >= 0.6 is 11.8 Å². The fourth-order valence-electron chi connectivity index (χ4n) is 2.06. The van der Waals surface area contributed by atoms with Crippen molar-refractivity contribution in [2.75, 3.05) is 18.8 Å². The summed E-state index contributed by atoms with van der Waals surface area (Å²) in [4.78, 5) is 15.8. The maximum absolute atomic E-state index is 11.7. The van der Waals surface area contributed by atoms with Crippen LogP contribution in [-0.2, 0) is 11.3 Å². The van der Waals surface area contributed by atoms with Crippen molar-refractivity contribution in [1.29, 1.82) is 0 Å². The minimum atomic E-state index is 0.198. The molecule has 0 saturated carbocycles. The average Bonchev–Trinajstić information content (AvgIpc) is 2.98. The zero-order valence-electron chi connectivity index (χ0n) is 11.1. The Hall–Kier alpha value is -1.07. The van der Waals surface area contributed by atoms with Crippen molar-refractivity contribution >= 4 is 17.7 Å². The number of hydrogen-bond donors (Lipinski definition) is 2. The lowest BCUT2D eigenvalue weighted by Crippen LogP contribution is -2.33. The van der Waals surface area contributed by atoms with E-state index in [0.29, 0.717) is 0 Å².